The summed E-state index contributed by atoms with van der Waals surface area (Å²) in [6.45, 7) is 7.68. The molecule has 0 amide bonds. The van der Waals surface area contributed by atoms with Gasteiger partial charge in [0.2, 0.25) is 0 Å². The zero-order chi connectivity index (χ0) is 12.4. The average molecular weight is 238 g/mol. The van der Waals surface area contributed by atoms with Crippen LogP contribution < -0.4 is 0 Å². The minimum absolute atomic E-state index is 0.387. The lowest BCUT2D eigenvalue weighted by Crippen LogP contribution is -2.42. The number of ether oxygens (including phenoxy) is 1. The summed E-state index contributed by atoms with van der Waals surface area (Å²) < 4.78 is 16.2. The van der Waals surface area contributed by atoms with Gasteiger partial charge in [0.15, 0.2) is 5.16 Å². The van der Waals surface area contributed by atoms with Gasteiger partial charge >= 0.3 is 13.6 Å². The predicted octanol–water partition coefficient (Wildman–Crippen LogP) is 1.53. The summed E-state index contributed by atoms with van der Waals surface area (Å²) in [7, 11) is -4.53. The van der Waals surface area contributed by atoms with Gasteiger partial charge in [0.05, 0.1) is 6.10 Å². The molecule has 0 aliphatic carbocycles. The first-order valence-corrected chi connectivity index (χ1v) is 6.41. The molecule has 0 rings (SSSR count). The summed E-state index contributed by atoms with van der Waals surface area (Å²) >= 11 is 0. The second-order valence-electron chi connectivity index (χ2n) is 4.30. The van der Waals surface area contributed by atoms with Crippen molar-refractivity contribution in [2.75, 3.05) is 0 Å². The van der Waals surface area contributed by atoms with Gasteiger partial charge in [0.25, 0.3) is 0 Å². The van der Waals surface area contributed by atoms with Gasteiger partial charge < -0.3 is 14.5 Å². The van der Waals surface area contributed by atoms with Crippen LogP contribution in [0.2, 0.25) is 0 Å². The van der Waals surface area contributed by atoms with Crippen LogP contribution in [0.1, 0.15) is 34.6 Å². The minimum Gasteiger partial charge on any atom is -0.462 e. The van der Waals surface area contributed by atoms with E-state index < -0.39 is 24.6 Å². The van der Waals surface area contributed by atoms with Crippen LogP contribution in [0.5, 0.6) is 0 Å². The van der Waals surface area contributed by atoms with Crippen LogP contribution >= 0.6 is 7.60 Å². The van der Waals surface area contributed by atoms with Crippen molar-refractivity contribution < 1.29 is 23.9 Å². The van der Waals surface area contributed by atoms with Crippen LogP contribution in [-0.4, -0.2) is 27.0 Å². The summed E-state index contributed by atoms with van der Waals surface area (Å²) in [5, 5.41) is -1.77. The van der Waals surface area contributed by atoms with Crippen molar-refractivity contribution in [2.45, 2.75) is 45.9 Å². The van der Waals surface area contributed by atoms with Gasteiger partial charge in [-0.15, -0.1) is 0 Å². The van der Waals surface area contributed by atoms with Crippen molar-refractivity contribution in [1.29, 1.82) is 0 Å². The van der Waals surface area contributed by atoms with Gasteiger partial charge in [0.1, 0.15) is 0 Å². The Kier molecular flexibility index (Phi) is 4.52. The number of esters is 1. The maximum absolute atomic E-state index is 11.6. The molecule has 1 atom stereocenters. The second kappa shape index (κ2) is 4.64. The largest absolute Gasteiger partial charge is 0.462 e. The van der Waals surface area contributed by atoms with Crippen LogP contribution in [0.4, 0.5) is 0 Å². The minimum atomic E-state index is -4.53. The Bertz CT molecular complexity index is 280. The molecule has 0 bridgehead atoms. The van der Waals surface area contributed by atoms with E-state index in [0.717, 1.165) is 0 Å². The fraction of sp³-hybridized carbons (Fsp3) is 0.889. The molecule has 0 saturated heterocycles. The fourth-order valence-corrected chi connectivity index (χ4v) is 1.99. The zero-order valence-electron chi connectivity index (χ0n) is 9.72. The Labute approximate surface area is 90.0 Å². The van der Waals surface area contributed by atoms with E-state index in [0.29, 0.717) is 0 Å². The van der Waals surface area contributed by atoms with Crippen molar-refractivity contribution in [2.24, 2.45) is 5.92 Å². The molecule has 90 valence electrons. The fourth-order valence-electron chi connectivity index (χ4n) is 1.02. The SMILES string of the molecule is CC(C)OC(=O)C(C)(C(C)C)P(=O)(O)O. The van der Waals surface area contributed by atoms with E-state index in [-0.39, 0.29) is 6.10 Å². The lowest BCUT2D eigenvalue weighted by atomic mass is 9.97. The van der Waals surface area contributed by atoms with Gasteiger partial charge in [-0.3, -0.25) is 9.36 Å². The molecule has 0 saturated carbocycles. The summed E-state index contributed by atoms with van der Waals surface area (Å²) in [6, 6.07) is 0. The monoisotopic (exact) mass is 238 g/mol. The molecule has 0 heterocycles. The first-order chi connectivity index (χ1) is 6.53. The third-order valence-electron chi connectivity index (χ3n) is 2.49. The molecule has 0 aromatic rings. The Morgan fingerprint density at radius 1 is 1.27 bits per heavy atom. The molecule has 0 aliphatic heterocycles. The molecular weight excluding hydrogens is 219 g/mol. The van der Waals surface area contributed by atoms with E-state index in [9.17, 15) is 19.1 Å². The summed E-state index contributed by atoms with van der Waals surface area (Å²) in [6.07, 6.45) is -0.387. The van der Waals surface area contributed by atoms with Crippen LogP contribution in [0, 0.1) is 5.92 Å². The lowest BCUT2D eigenvalue weighted by Gasteiger charge is -2.32. The van der Waals surface area contributed by atoms with Crippen LogP contribution in [0.15, 0.2) is 0 Å². The number of hydrogen-bond donors (Lipinski definition) is 2. The molecular formula is C9H19O5P. The lowest BCUT2D eigenvalue weighted by molar-refractivity contribution is -0.152. The summed E-state index contributed by atoms with van der Waals surface area (Å²) in [5.74, 6) is -1.34. The Balaban J connectivity index is 5.15. The predicted molar refractivity (Wildman–Crippen MR) is 56.5 cm³/mol. The van der Waals surface area contributed by atoms with Crippen molar-refractivity contribution in [3.05, 3.63) is 0 Å². The van der Waals surface area contributed by atoms with Crippen LogP contribution in [0.3, 0.4) is 0 Å². The van der Waals surface area contributed by atoms with Crippen molar-refractivity contribution in [1.82, 2.24) is 0 Å². The van der Waals surface area contributed by atoms with E-state index in [4.69, 9.17) is 4.74 Å². The van der Waals surface area contributed by atoms with E-state index in [1.807, 2.05) is 0 Å². The zero-order valence-corrected chi connectivity index (χ0v) is 10.6. The molecule has 1 unspecified atom stereocenters. The van der Waals surface area contributed by atoms with Gasteiger partial charge in [-0.05, 0) is 26.7 Å². The standard InChI is InChI=1S/C9H19O5P/c1-6(2)9(5,15(11,12)13)8(10)14-7(3)4/h6-7H,1-5H3,(H2,11,12,13). The highest BCUT2D eigenvalue weighted by atomic mass is 31.2. The van der Waals surface area contributed by atoms with Crippen molar-refractivity contribution in [3.63, 3.8) is 0 Å². The summed E-state index contributed by atoms with van der Waals surface area (Å²) in [4.78, 5) is 30.1. The molecule has 0 aromatic heterocycles. The highest BCUT2D eigenvalue weighted by Gasteiger charge is 2.53. The van der Waals surface area contributed by atoms with E-state index in [2.05, 4.69) is 0 Å². The van der Waals surface area contributed by atoms with Crippen LogP contribution in [0.25, 0.3) is 0 Å². The molecule has 0 aliphatic rings. The Hall–Kier alpha value is -0.380. The first kappa shape index (κ1) is 14.6. The quantitative estimate of drug-likeness (QED) is 0.573. The number of carbonyl (C=O) groups is 1. The second-order valence-corrected chi connectivity index (χ2v) is 6.32. The van der Waals surface area contributed by atoms with Crippen molar-refractivity contribution in [3.8, 4) is 0 Å². The molecule has 2 N–H and O–H groups in total. The highest BCUT2D eigenvalue weighted by molar-refractivity contribution is 7.54. The molecule has 5 nitrogen and oxygen atoms in total. The topological polar surface area (TPSA) is 83.8 Å². The molecule has 6 heteroatoms. The van der Waals surface area contributed by atoms with Gasteiger partial charge in [-0.1, -0.05) is 13.8 Å². The maximum Gasteiger partial charge on any atom is 0.342 e. The first-order valence-electron chi connectivity index (χ1n) is 4.80. The smallest absolute Gasteiger partial charge is 0.342 e. The van der Waals surface area contributed by atoms with E-state index >= 15 is 0 Å². The molecule has 0 spiro atoms. The molecule has 0 fully saturated rings. The van der Waals surface area contributed by atoms with Crippen LogP contribution in [-0.2, 0) is 14.1 Å². The maximum atomic E-state index is 11.6. The summed E-state index contributed by atoms with van der Waals surface area (Å²) in [5.41, 5.74) is 0. The third kappa shape index (κ3) is 3.03. The third-order valence-corrected chi connectivity index (χ3v) is 4.39. The molecule has 0 aromatic carbocycles. The normalized spacial score (nSPS) is 16.6. The van der Waals surface area contributed by atoms with Gasteiger partial charge in [0, 0.05) is 0 Å². The number of carbonyl (C=O) groups excluding carboxylic acids is 1. The van der Waals surface area contributed by atoms with Gasteiger partial charge in [-0.25, -0.2) is 0 Å². The van der Waals surface area contributed by atoms with E-state index in [1.165, 1.54) is 6.92 Å². The number of hydrogen-bond acceptors (Lipinski definition) is 3. The molecule has 15 heavy (non-hydrogen) atoms. The Morgan fingerprint density at radius 3 is 1.87 bits per heavy atom. The average Bonchev–Trinajstić information content (AvgIpc) is 1.98. The van der Waals surface area contributed by atoms with Crippen molar-refractivity contribution >= 4 is 13.6 Å². The van der Waals surface area contributed by atoms with Gasteiger partial charge in [-0.2, -0.15) is 0 Å². The van der Waals surface area contributed by atoms with E-state index in [1.54, 1.807) is 27.7 Å². The molecule has 0 radical (unpaired) electrons. The highest BCUT2D eigenvalue weighted by Crippen LogP contribution is 2.55. The Morgan fingerprint density at radius 2 is 1.67 bits per heavy atom. The number of rotatable bonds is 4.